The van der Waals surface area contributed by atoms with E-state index in [0.29, 0.717) is 19.2 Å². The van der Waals surface area contributed by atoms with Gasteiger partial charge < -0.3 is 20.1 Å². The van der Waals surface area contributed by atoms with Gasteiger partial charge in [0.1, 0.15) is 18.5 Å². The fourth-order valence-electron chi connectivity index (χ4n) is 2.10. The van der Waals surface area contributed by atoms with Gasteiger partial charge in [0.05, 0.1) is 0 Å². The van der Waals surface area contributed by atoms with Crippen molar-refractivity contribution in [2.45, 2.75) is 31.4 Å². The number of hydrogen-bond acceptors (Lipinski definition) is 4. The maximum Gasteiger partial charge on any atom is 0.119 e. The second-order valence-electron chi connectivity index (χ2n) is 5.52. The second kappa shape index (κ2) is 6.78. The van der Waals surface area contributed by atoms with Gasteiger partial charge in [-0.15, -0.1) is 0 Å². The van der Waals surface area contributed by atoms with E-state index in [1.807, 2.05) is 43.3 Å². The van der Waals surface area contributed by atoms with Crippen molar-refractivity contribution in [3.8, 4) is 5.75 Å². The van der Waals surface area contributed by atoms with Crippen LogP contribution in [0.1, 0.15) is 19.3 Å². The number of aliphatic hydroxyl groups excluding tert-OH is 1. The first-order chi connectivity index (χ1) is 9.13. The lowest BCUT2D eigenvalue weighted by atomic mass is 9.93. The summed E-state index contributed by atoms with van der Waals surface area (Å²) in [7, 11) is 3.87. The lowest BCUT2D eigenvalue weighted by Gasteiger charge is -2.27. The molecule has 0 heterocycles. The zero-order valence-corrected chi connectivity index (χ0v) is 11.8. The molecule has 0 bridgehead atoms. The molecule has 0 amide bonds. The average Bonchev–Trinajstić information content (AvgIpc) is 2.32. The van der Waals surface area contributed by atoms with Crippen LogP contribution in [0.5, 0.6) is 5.75 Å². The molecule has 1 aliphatic carbocycles. The molecule has 1 aromatic rings. The van der Waals surface area contributed by atoms with Crippen LogP contribution in [-0.2, 0) is 0 Å². The van der Waals surface area contributed by atoms with Crippen molar-refractivity contribution in [3.63, 3.8) is 0 Å². The molecule has 106 valence electrons. The first kappa shape index (κ1) is 14.2. The molecule has 1 fully saturated rings. The highest BCUT2D eigenvalue weighted by Gasteiger charge is 2.16. The summed E-state index contributed by atoms with van der Waals surface area (Å²) < 4.78 is 5.56. The van der Waals surface area contributed by atoms with Crippen LogP contribution in [0.4, 0.5) is 5.69 Å². The number of likely N-dealkylation sites (N-methyl/N-ethyl adjacent to an activating group) is 1. The highest BCUT2D eigenvalue weighted by molar-refractivity contribution is 5.47. The quantitative estimate of drug-likeness (QED) is 0.790. The molecule has 0 spiro atoms. The van der Waals surface area contributed by atoms with Crippen LogP contribution in [0.2, 0.25) is 0 Å². The van der Waals surface area contributed by atoms with Crippen molar-refractivity contribution in [1.29, 1.82) is 0 Å². The van der Waals surface area contributed by atoms with E-state index in [4.69, 9.17) is 4.74 Å². The molecular formula is C15H24N2O2. The third kappa shape index (κ3) is 4.73. The molecule has 0 saturated heterocycles. The third-order valence-corrected chi connectivity index (χ3v) is 3.35. The van der Waals surface area contributed by atoms with Crippen molar-refractivity contribution in [1.82, 2.24) is 4.90 Å². The smallest absolute Gasteiger partial charge is 0.119 e. The summed E-state index contributed by atoms with van der Waals surface area (Å²) in [4.78, 5) is 1.94. The standard InChI is InChI=1S/C15H24N2O2/c1-17(2)10-14(18)11-19-15-8-6-13(7-9-15)16-12-4-3-5-12/h6-9,12,14,16,18H,3-5,10-11H2,1-2H3. The van der Waals surface area contributed by atoms with Gasteiger partial charge in [-0.1, -0.05) is 0 Å². The van der Waals surface area contributed by atoms with Gasteiger partial charge in [0.15, 0.2) is 0 Å². The molecule has 2 N–H and O–H groups in total. The Kier molecular flexibility index (Phi) is 5.05. The van der Waals surface area contributed by atoms with Gasteiger partial charge in [0, 0.05) is 18.3 Å². The zero-order chi connectivity index (χ0) is 13.7. The van der Waals surface area contributed by atoms with Gasteiger partial charge in [0.25, 0.3) is 0 Å². The molecule has 1 saturated carbocycles. The van der Waals surface area contributed by atoms with E-state index in [0.717, 1.165) is 11.4 Å². The van der Waals surface area contributed by atoms with E-state index in [1.54, 1.807) is 0 Å². The molecule has 4 heteroatoms. The van der Waals surface area contributed by atoms with Gasteiger partial charge >= 0.3 is 0 Å². The lowest BCUT2D eigenvalue weighted by Crippen LogP contribution is -2.30. The molecule has 1 aromatic carbocycles. The SMILES string of the molecule is CN(C)CC(O)COc1ccc(NC2CCC2)cc1. The molecule has 0 aliphatic heterocycles. The molecule has 19 heavy (non-hydrogen) atoms. The summed E-state index contributed by atoms with van der Waals surface area (Å²) in [5.74, 6) is 0.803. The molecule has 1 atom stereocenters. The van der Waals surface area contributed by atoms with Gasteiger partial charge in [-0.3, -0.25) is 0 Å². The van der Waals surface area contributed by atoms with Crippen molar-refractivity contribution in [2.75, 3.05) is 32.6 Å². The highest BCUT2D eigenvalue weighted by Crippen LogP contribution is 2.24. The van der Waals surface area contributed by atoms with Gasteiger partial charge in [-0.2, -0.15) is 0 Å². The molecular weight excluding hydrogens is 240 g/mol. The molecule has 0 radical (unpaired) electrons. The van der Waals surface area contributed by atoms with Gasteiger partial charge in [0.2, 0.25) is 0 Å². The zero-order valence-electron chi connectivity index (χ0n) is 11.8. The molecule has 4 nitrogen and oxygen atoms in total. The summed E-state index contributed by atoms with van der Waals surface area (Å²) in [5.41, 5.74) is 1.14. The van der Waals surface area contributed by atoms with Crippen molar-refractivity contribution >= 4 is 5.69 Å². The summed E-state index contributed by atoms with van der Waals surface area (Å²) >= 11 is 0. The molecule has 1 unspecified atom stereocenters. The van der Waals surface area contributed by atoms with Crippen molar-refractivity contribution in [3.05, 3.63) is 24.3 Å². The lowest BCUT2D eigenvalue weighted by molar-refractivity contribution is 0.0831. The first-order valence-corrected chi connectivity index (χ1v) is 6.95. The van der Waals surface area contributed by atoms with Crippen LogP contribution in [0.15, 0.2) is 24.3 Å². The van der Waals surface area contributed by atoms with E-state index in [1.165, 1.54) is 19.3 Å². The van der Waals surface area contributed by atoms with Gasteiger partial charge in [-0.05, 0) is 57.6 Å². The molecule has 1 aliphatic rings. The summed E-state index contributed by atoms with van der Waals surface area (Å²) in [6.07, 6.45) is 3.43. The second-order valence-corrected chi connectivity index (χ2v) is 5.52. The maximum absolute atomic E-state index is 9.71. The Morgan fingerprint density at radius 3 is 2.53 bits per heavy atom. The number of nitrogens with one attached hydrogen (secondary N) is 1. The first-order valence-electron chi connectivity index (χ1n) is 6.95. The fraction of sp³-hybridized carbons (Fsp3) is 0.600. The van der Waals surface area contributed by atoms with Crippen LogP contribution in [0, 0.1) is 0 Å². The number of aliphatic hydroxyl groups is 1. The number of ether oxygens (including phenoxy) is 1. The number of hydrogen-bond donors (Lipinski definition) is 2. The Bertz CT molecular complexity index is 374. The summed E-state index contributed by atoms with van der Waals surface area (Å²) in [5, 5.41) is 13.2. The Morgan fingerprint density at radius 2 is 2.00 bits per heavy atom. The Balaban J connectivity index is 1.74. The maximum atomic E-state index is 9.71. The number of benzene rings is 1. The normalized spacial score (nSPS) is 17.1. The Labute approximate surface area is 115 Å². The fourth-order valence-corrected chi connectivity index (χ4v) is 2.10. The van der Waals surface area contributed by atoms with Crippen molar-refractivity contribution in [2.24, 2.45) is 0 Å². The topological polar surface area (TPSA) is 44.7 Å². The van der Waals surface area contributed by atoms with Crippen LogP contribution in [0.3, 0.4) is 0 Å². The monoisotopic (exact) mass is 264 g/mol. The Hall–Kier alpha value is -1.26. The highest BCUT2D eigenvalue weighted by atomic mass is 16.5. The number of rotatable bonds is 7. The van der Waals surface area contributed by atoms with E-state index in [2.05, 4.69) is 5.32 Å². The minimum absolute atomic E-state index is 0.327. The third-order valence-electron chi connectivity index (χ3n) is 3.35. The van der Waals surface area contributed by atoms with Crippen LogP contribution in [-0.4, -0.2) is 49.4 Å². The number of anilines is 1. The predicted molar refractivity (Wildman–Crippen MR) is 77.8 cm³/mol. The Morgan fingerprint density at radius 1 is 1.32 bits per heavy atom. The molecule has 2 rings (SSSR count). The van der Waals surface area contributed by atoms with Crippen LogP contribution in [0.25, 0.3) is 0 Å². The summed E-state index contributed by atoms with van der Waals surface area (Å²) in [6, 6.07) is 8.61. The van der Waals surface area contributed by atoms with Crippen molar-refractivity contribution < 1.29 is 9.84 Å². The largest absolute Gasteiger partial charge is 0.491 e. The average molecular weight is 264 g/mol. The number of nitrogens with zero attached hydrogens (tertiary/aromatic N) is 1. The minimum Gasteiger partial charge on any atom is -0.491 e. The minimum atomic E-state index is -0.456. The van der Waals surface area contributed by atoms with E-state index >= 15 is 0 Å². The van der Waals surface area contributed by atoms with E-state index in [-0.39, 0.29) is 0 Å². The van der Waals surface area contributed by atoms with E-state index in [9.17, 15) is 5.11 Å². The van der Waals surface area contributed by atoms with Gasteiger partial charge in [-0.25, -0.2) is 0 Å². The summed E-state index contributed by atoms with van der Waals surface area (Å²) in [6.45, 7) is 0.939. The van der Waals surface area contributed by atoms with E-state index < -0.39 is 6.10 Å². The molecule has 0 aromatic heterocycles. The predicted octanol–water partition coefficient (Wildman–Crippen LogP) is 1.95. The van der Waals surface area contributed by atoms with Crippen LogP contribution < -0.4 is 10.1 Å². The van der Waals surface area contributed by atoms with Crippen LogP contribution >= 0.6 is 0 Å².